The van der Waals surface area contributed by atoms with Crippen molar-refractivity contribution in [2.45, 2.75) is 13.3 Å². The highest BCUT2D eigenvalue weighted by Gasteiger charge is 2.15. The van der Waals surface area contributed by atoms with Gasteiger partial charge in [-0.3, -0.25) is 4.68 Å². The molecule has 0 atom stereocenters. The normalized spacial score (nSPS) is 15.7. The lowest BCUT2D eigenvalue weighted by molar-refractivity contribution is 0.618. The maximum absolute atomic E-state index is 4.43. The monoisotopic (exact) mass is 201 g/mol. The summed E-state index contributed by atoms with van der Waals surface area (Å²) in [5.74, 6) is 0. The lowest BCUT2D eigenvalue weighted by Crippen LogP contribution is -2.36. The molecule has 3 nitrogen and oxygen atoms in total. The van der Waals surface area contributed by atoms with Gasteiger partial charge in [0.05, 0.1) is 11.2 Å². The molecule has 0 unspecified atom stereocenters. The van der Waals surface area contributed by atoms with Crippen molar-refractivity contribution in [3.05, 3.63) is 23.9 Å². The second kappa shape index (κ2) is 2.99. The van der Waals surface area contributed by atoms with Gasteiger partial charge in [-0.05, 0) is 31.5 Å². The molecule has 1 saturated heterocycles. The Morgan fingerprint density at radius 1 is 1.27 bits per heavy atom. The van der Waals surface area contributed by atoms with Gasteiger partial charge in [-0.25, -0.2) is 0 Å². The Morgan fingerprint density at radius 3 is 2.73 bits per heavy atom. The van der Waals surface area contributed by atoms with E-state index in [-0.39, 0.29) is 0 Å². The lowest BCUT2D eigenvalue weighted by atomic mass is 10.1. The SMILES string of the molecule is Cc1nn(C)c2ccc(N3CCC3)cc12. The number of nitrogens with zero attached hydrogens (tertiary/aromatic N) is 3. The number of rotatable bonds is 1. The summed E-state index contributed by atoms with van der Waals surface area (Å²) >= 11 is 0. The molecule has 0 N–H and O–H groups in total. The number of hydrogen-bond donors (Lipinski definition) is 0. The van der Waals surface area contributed by atoms with E-state index in [1.165, 1.54) is 36.1 Å². The second-order valence-corrected chi connectivity index (χ2v) is 4.25. The third-order valence-electron chi connectivity index (χ3n) is 3.24. The molecule has 0 radical (unpaired) electrons. The topological polar surface area (TPSA) is 21.1 Å². The smallest absolute Gasteiger partial charge is 0.0683 e. The summed E-state index contributed by atoms with van der Waals surface area (Å²) in [5.41, 5.74) is 3.68. The second-order valence-electron chi connectivity index (χ2n) is 4.25. The minimum absolute atomic E-state index is 1.12. The quantitative estimate of drug-likeness (QED) is 0.704. The molecule has 1 aromatic heterocycles. The highest BCUT2D eigenvalue weighted by atomic mass is 15.3. The molecule has 15 heavy (non-hydrogen) atoms. The van der Waals surface area contributed by atoms with Gasteiger partial charge in [0.25, 0.3) is 0 Å². The van der Waals surface area contributed by atoms with E-state index in [9.17, 15) is 0 Å². The van der Waals surface area contributed by atoms with Crippen LogP contribution < -0.4 is 4.90 Å². The first kappa shape index (κ1) is 8.77. The Morgan fingerprint density at radius 2 is 2.07 bits per heavy atom. The molecule has 0 amide bonds. The van der Waals surface area contributed by atoms with Crippen LogP contribution in [0.3, 0.4) is 0 Å². The van der Waals surface area contributed by atoms with Gasteiger partial charge in [0.2, 0.25) is 0 Å². The summed E-state index contributed by atoms with van der Waals surface area (Å²) in [5, 5.41) is 5.71. The van der Waals surface area contributed by atoms with Gasteiger partial charge in [-0.2, -0.15) is 5.10 Å². The average molecular weight is 201 g/mol. The molecule has 78 valence electrons. The molecule has 3 rings (SSSR count). The highest BCUT2D eigenvalue weighted by molar-refractivity contribution is 5.85. The minimum atomic E-state index is 1.12. The van der Waals surface area contributed by atoms with Crippen LogP contribution in [0.4, 0.5) is 5.69 Å². The number of anilines is 1. The Balaban J connectivity index is 2.16. The van der Waals surface area contributed by atoms with E-state index >= 15 is 0 Å². The Labute approximate surface area is 89.3 Å². The van der Waals surface area contributed by atoms with E-state index in [2.05, 4.69) is 35.1 Å². The van der Waals surface area contributed by atoms with Crippen LogP contribution in [0.2, 0.25) is 0 Å². The van der Waals surface area contributed by atoms with Crippen molar-refractivity contribution in [2.75, 3.05) is 18.0 Å². The molecule has 1 aliphatic rings. The predicted molar refractivity (Wildman–Crippen MR) is 62.3 cm³/mol. The Bertz CT molecular complexity index is 509. The molecular formula is C12H15N3. The summed E-state index contributed by atoms with van der Waals surface area (Å²) in [6.45, 7) is 4.47. The minimum Gasteiger partial charge on any atom is -0.371 e. The zero-order chi connectivity index (χ0) is 10.4. The number of benzene rings is 1. The van der Waals surface area contributed by atoms with E-state index in [1.807, 2.05) is 11.7 Å². The van der Waals surface area contributed by atoms with Crippen LogP contribution in [0.5, 0.6) is 0 Å². The molecule has 1 fully saturated rings. The summed E-state index contributed by atoms with van der Waals surface area (Å²) in [4.78, 5) is 2.41. The van der Waals surface area contributed by atoms with E-state index in [1.54, 1.807) is 0 Å². The van der Waals surface area contributed by atoms with Crippen LogP contribution in [0, 0.1) is 6.92 Å². The van der Waals surface area contributed by atoms with Gasteiger partial charge >= 0.3 is 0 Å². The summed E-state index contributed by atoms with van der Waals surface area (Å²) in [7, 11) is 2.00. The van der Waals surface area contributed by atoms with Gasteiger partial charge in [-0.15, -0.1) is 0 Å². The third kappa shape index (κ3) is 1.23. The third-order valence-corrected chi connectivity index (χ3v) is 3.24. The Hall–Kier alpha value is -1.51. The number of hydrogen-bond acceptors (Lipinski definition) is 2. The van der Waals surface area contributed by atoms with Crippen molar-refractivity contribution < 1.29 is 0 Å². The number of fused-ring (bicyclic) bond motifs is 1. The molecule has 2 heterocycles. The zero-order valence-corrected chi connectivity index (χ0v) is 9.20. The predicted octanol–water partition coefficient (Wildman–Crippen LogP) is 2.09. The van der Waals surface area contributed by atoms with Crippen molar-refractivity contribution in [3.8, 4) is 0 Å². The van der Waals surface area contributed by atoms with Crippen molar-refractivity contribution in [3.63, 3.8) is 0 Å². The summed E-state index contributed by atoms with van der Waals surface area (Å²) in [6, 6.07) is 6.63. The summed E-state index contributed by atoms with van der Waals surface area (Å²) in [6.07, 6.45) is 1.32. The van der Waals surface area contributed by atoms with Crippen molar-refractivity contribution >= 4 is 16.6 Å². The van der Waals surface area contributed by atoms with Crippen molar-refractivity contribution in [2.24, 2.45) is 7.05 Å². The van der Waals surface area contributed by atoms with Crippen LogP contribution in [-0.4, -0.2) is 22.9 Å². The van der Waals surface area contributed by atoms with Gasteiger partial charge in [0, 0.05) is 31.2 Å². The largest absolute Gasteiger partial charge is 0.371 e. The molecule has 0 aliphatic carbocycles. The van der Waals surface area contributed by atoms with Gasteiger partial charge in [0.1, 0.15) is 0 Å². The molecule has 0 spiro atoms. The van der Waals surface area contributed by atoms with Gasteiger partial charge in [-0.1, -0.05) is 0 Å². The van der Waals surface area contributed by atoms with Crippen LogP contribution in [0.1, 0.15) is 12.1 Å². The zero-order valence-electron chi connectivity index (χ0n) is 9.20. The molecule has 0 bridgehead atoms. The van der Waals surface area contributed by atoms with Crippen LogP contribution >= 0.6 is 0 Å². The van der Waals surface area contributed by atoms with Crippen LogP contribution in [0.15, 0.2) is 18.2 Å². The lowest BCUT2D eigenvalue weighted by Gasteiger charge is -2.33. The fraction of sp³-hybridized carbons (Fsp3) is 0.417. The van der Waals surface area contributed by atoms with E-state index in [4.69, 9.17) is 0 Å². The molecule has 1 aromatic carbocycles. The van der Waals surface area contributed by atoms with Crippen molar-refractivity contribution in [1.82, 2.24) is 9.78 Å². The van der Waals surface area contributed by atoms with Gasteiger partial charge in [0.15, 0.2) is 0 Å². The van der Waals surface area contributed by atoms with Crippen molar-refractivity contribution in [1.29, 1.82) is 0 Å². The molecule has 3 heteroatoms. The molecule has 0 saturated carbocycles. The highest BCUT2D eigenvalue weighted by Crippen LogP contribution is 2.26. The van der Waals surface area contributed by atoms with Crippen LogP contribution in [0.25, 0.3) is 10.9 Å². The van der Waals surface area contributed by atoms with E-state index in [0.29, 0.717) is 0 Å². The fourth-order valence-corrected chi connectivity index (χ4v) is 2.20. The Kier molecular flexibility index (Phi) is 1.75. The first-order valence-corrected chi connectivity index (χ1v) is 5.44. The molecule has 2 aromatic rings. The number of aromatic nitrogens is 2. The standard InChI is InChI=1S/C12H15N3/c1-9-11-8-10(15-6-3-7-15)4-5-12(11)14(2)13-9/h4-5,8H,3,6-7H2,1-2H3. The maximum Gasteiger partial charge on any atom is 0.0683 e. The van der Waals surface area contributed by atoms with Crippen LogP contribution in [-0.2, 0) is 7.05 Å². The fourth-order valence-electron chi connectivity index (χ4n) is 2.20. The summed E-state index contributed by atoms with van der Waals surface area (Å²) < 4.78 is 1.95. The molecule has 1 aliphatic heterocycles. The van der Waals surface area contributed by atoms with E-state index in [0.717, 1.165) is 5.69 Å². The molecular weight excluding hydrogens is 186 g/mol. The van der Waals surface area contributed by atoms with E-state index < -0.39 is 0 Å². The van der Waals surface area contributed by atoms with Gasteiger partial charge < -0.3 is 4.90 Å². The first-order valence-electron chi connectivity index (χ1n) is 5.44. The average Bonchev–Trinajstić information content (AvgIpc) is 2.40. The first-order chi connectivity index (χ1) is 7.25. The number of aryl methyl sites for hydroxylation is 2. The maximum atomic E-state index is 4.43.